The van der Waals surface area contributed by atoms with E-state index in [0.29, 0.717) is 54.7 Å². The molecule has 0 unspecified atom stereocenters. The zero-order valence-electron chi connectivity index (χ0n) is 22.4. The molecule has 1 fully saturated rings. The van der Waals surface area contributed by atoms with Crippen LogP contribution >= 0.6 is 0 Å². The average molecular weight is 556 g/mol. The van der Waals surface area contributed by atoms with Crippen LogP contribution in [0.2, 0.25) is 0 Å². The smallest absolute Gasteiger partial charge is 0.407 e. The first-order chi connectivity index (χ1) is 19.8. The summed E-state index contributed by atoms with van der Waals surface area (Å²) >= 11 is 0. The lowest BCUT2D eigenvalue weighted by Gasteiger charge is -2.33. The summed E-state index contributed by atoms with van der Waals surface area (Å²) in [7, 11) is 1.56. The topological polar surface area (TPSA) is 151 Å². The molecule has 2 aromatic heterocycles. The molecule has 11 nitrogen and oxygen atoms in total. The molecule has 5 rings (SSSR count). The Labute approximate surface area is 235 Å². The van der Waals surface area contributed by atoms with Crippen LogP contribution in [0, 0.1) is 0 Å². The number of furan rings is 1. The van der Waals surface area contributed by atoms with Crippen molar-refractivity contribution in [3.8, 4) is 16.9 Å². The first-order valence-electron chi connectivity index (χ1n) is 13.0. The molecule has 0 spiro atoms. The minimum Gasteiger partial charge on any atom is -0.493 e. The summed E-state index contributed by atoms with van der Waals surface area (Å²) in [5, 5.41) is 12.7. The summed E-state index contributed by atoms with van der Waals surface area (Å²) in [6, 6.07) is 16.4. The van der Waals surface area contributed by atoms with Crippen LogP contribution in [0.25, 0.3) is 28.2 Å². The number of amides is 3. The van der Waals surface area contributed by atoms with Gasteiger partial charge >= 0.3 is 6.09 Å². The second-order valence-electron chi connectivity index (χ2n) is 9.52. The Kier molecular flexibility index (Phi) is 7.86. The second-order valence-corrected chi connectivity index (χ2v) is 9.52. The predicted octanol–water partition coefficient (Wildman–Crippen LogP) is 3.85. The molecule has 0 aliphatic carbocycles. The van der Waals surface area contributed by atoms with Gasteiger partial charge in [-0.15, -0.1) is 0 Å². The number of nitrogens with zero attached hydrogens (tertiary/aromatic N) is 3. The van der Waals surface area contributed by atoms with Gasteiger partial charge in [0, 0.05) is 49.4 Å². The molecule has 0 saturated carbocycles. The Bertz CT molecular complexity index is 1600. The van der Waals surface area contributed by atoms with Crippen molar-refractivity contribution in [1.29, 1.82) is 0 Å². The summed E-state index contributed by atoms with van der Waals surface area (Å²) in [6.07, 6.45) is 3.68. The number of carbonyl (C=O) groups excluding carboxylic acids is 2. The fourth-order valence-electron chi connectivity index (χ4n) is 4.59. The first-order valence-corrected chi connectivity index (χ1v) is 13.0. The summed E-state index contributed by atoms with van der Waals surface area (Å²) in [4.78, 5) is 43.3. The number of methoxy groups -OCH3 is 1. The van der Waals surface area contributed by atoms with Gasteiger partial charge in [0.2, 0.25) is 5.91 Å². The minimum atomic E-state index is -0.969. The Morgan fingerprint density at radius 2 is 1.76 bits per heavy atom. The van der Waals surface area contributed by atoms with Gasteiger partial charge in [0.1, 0.15) is 11.6 Å². The van der Waals surface area contributed by atoms with Crippen LogP contribution in [0.1, 0.15) is 21.7 Å². The number of hydrogen-bond donors (Lipinski definition) is 3. The summed E-state index contributed by atoms with van der Waals surface area (Å²) < 4.78 is 11.5. The predicted molar refractivity (Wildman–Crippen MR) is 153 cm³/mol. The number of benzene rings is 2. The maximum Gasteiger partial charge on any atom is 0.407 e. The fraction of sp³-hybridized carbons (Fsp3) is 0.200. The van der Waals surface area contributed by atoms with Crippen LogP contribution in [0.3, 0.4) is 0 Å². The van der Waals surface area contributed by atoms with E-state index in [2.05, 4.69) is 10.3 Å². The first kappa shape index (κ1) is 27.3. The zero-order chi connectivity index (χ0) is 28.9. The highest BCUT2D eigenvalue weighted by molar-refractivity contribution is 5.95. The second kappa shape index (κ2) is 11.8. The molecule has 3 amide bonds. The molecule has 2 aromatic carbocycles. The highest BCUT2D eigenvalue weighted by Gasteiger charge is 2.24. The molecule has 4 aromatic rings. The monoisotopic (exact) mass is 555 g/mol. The summed E-state index contributed by atoms with van der Waals surface area (Å²) in [5.74, 6) is 1.11. The van der Waals surface area contributed by atoms with Gasteiger partial charge in [-0.3, -0.25) is 9.59 Å². The van der Waals surface area contributed by atoms with Crippen LogP contribution in [0.4, 0.5) is 10.6 Å². The number of carboxylic acid groups (broad SMARTS) is 1. The van der Waals surface area contributed by atoms with Crippen molar-refractivity contribution in [3.05, 3.63) is 83.8 Å². The molecule has 0 radical (unpaired) electrons. The molecule has 41 heavy (non-hydrogen) atoms. The van der Waals surface area contributed by atoms with E-state index in [0.717, 1.165) is 22.1 Å². The van der Waals surface area contributed by atoms with Crippen LogP contribution in [-0.2, 0) is 11.3 Å². The Hall–Kier alpha value is -5.32. The van der Waals surface area contributed by atoms with Crippen molar-refractivity contribution in [1.82, 2.24) is 20.1 Å². The number of hydrogen-bond acceptors (Lipinski definition) is 7. The maximum absolute atomic E-state index is 12.9. The Balaban J connectivity index is 1.26. The van der Waals surface area contributed by atoms with E-state index in [4.69, 9.17) is 20.0 Å². The number of carbonyl (C=O) groups is 3. The van der Waals surface area contributed by atoms with Crippen molar-refractivity contribution >= 4 is 40.8 Å². The van der Waals surface area contributed by atoms with E-state index in [1.54, 1.807) is 48.5 Å². The lowest BCUT2D eigenvalue weighted by atomic mass is 10.0. The van der Waals surface area contributed by atoms with Crippen molar-refractivity contribution in [3.63, 3.8) is 0 Å². The van der Waals surface area contributed by atoms with Gasteiger partial charge in [0.05, 0.1) is 13.7 Å². The van der Waals surface area contributed by atoms with Gasteiger partial charge in [0.15, 0.2) is 11.3 Å². The van der Waals surface area contributed by atoms with E-state index in [9.17, 15) is 14.4 Å². The SMILES string of the molecule is COc1cc(-c2ccc(C(=O)N3CCN(C(=O)O)CC3)cc2)cc2cc(CNC(=O)C=Cc3ccc(N)nc3)oc12. The number of nitrogen functional groups attached to an aromatic ring is 1. The summed E-state index contributed by atoms with van der Waals surface area (Å²) in [6.45, 7) is 1.51. The van der Waals surface area contributed by atoms with Crippen LogP contribution < -0.4 is 15.8 Å². The molecule has 1 saturated heterocycles. The normalized spacial score (nSPS) is 13.5. The molecule has 1 aliphatic rings. The van der Waals surface area contributed by atoms with Gasteiger partial charge in [-0.25, -0.2) is 9.78 Å². The average Bonchev–Trinajstić information content (AvgIpc) is 3.42. The molecule has 1 aliphatic heterocycles. The van der Waals surface area contributed by atoms with Gasteiger partial charge in [-0.05, 0) is 65.2 Å². The van der Waals surface area contributed by atoms with Crippen LogP contribution in [-0.4, -0.2) is 71.1 Å². The number of pyridine rings is 1. The van der Waals surface area contributed by atoms with Gasteiger partial charge < -0.3 is 35.1 Å². The number of anilines is 1. The van der Waals surface area contributed by atoms with Crippen molar-refractivity contribution in [2.45, 2.75) is 6.54 Å². The van der Waals surface area contributed by atoms with E-state index >= 15 is 0 Å². The maximum atomic E-state index is 12.9. The number of fused-ring (bicyclic) bond motifs is 1. The van der Waals surface area contributed by atoms with Gasteiger partial charge in [-0.2, -0.15) is 0 Å². The summed E-state index contributed by atoms with van der Waals surface area (Å²) in [5.41, 5.74) is 9.20. The van der Waals surface area contributed by atoms with Crippen molar-refractivity contribution in [2.75, 3.05) is 39.0 Å². The molecular weight excluding hydrogens is 526 g/mol. The van der Waals surface area contributed by atoms with E-state index in [1.165, 1.54) is 11.0 Å². The van der Waals surface area contributed by atoms with Crippen LogP contribution in [0.15, 0.2) is 71.3 Å². The van der Waals surface area contributed by atoms with Gasteiger partial charge in [-0.1, -0.05) is 12.1 Å². The number of aromatic nitrogens is 1. The van der Waals surface area contributed by atoms with E-state index < -0.39 is 6.09 Å². The van der Waals surface area contributed by atoms with E-state index in [-0.39, 0.29) is 18.4 Å². The molecule has 210 valence electrons. The lowest BCUT2D eigenvalue weighted by Crippen LogP contribution is -2.50. The number of nitrogens with one attached hydrogen (secondary N) is 1. The molecular formula is C30H29N5O6. The molecule has 11 heteroatoms. The standard InChI is InChI=1S/C30H29N5O6/c1-40-25-16-22(20-4-6-21(7-5-20)29(37)34-10-12-35(13-11-34)30(38)39)14-23-15-24(41-28(23)25)18-33-27(36)9-3-19-2-8-26(31)32-17-19/h2-9,14-17H,10-13,18H2,1H3,(H2,31,32)(H,33,36)(H,38,39). The Morgan fingerprint density at radius 1 is 1.02 bits per heavy atom. The number of nitrogens with two attached hydrogens (primary N) is 1. The number of rotatable bonds is 7. The minimum absolute atomic E-state index is 0.129. The quantitative estimate of drug-likeness (QED) is 0.291. The largest absolute Gasteiger partial charge is 0.493 e. The van der Waals surface area contributed by atoms with Crippen LogP contribution in [0.5, 0.6) is 5.75 Å². The zero-order valence-corrected chi connectivity index (χ0v) is 22.4. The third-order valence-corrected chi connectivity index (χ3v) is 6.83. The highest BCUT2D eigenvalue weighted by Crippen LogP contribution is 2.34. The third kappa shape index (κ3) is 6.30. The number of piperazine rings is 1. The lowest BCUT2D eigenvalue weighted by molar-refractivity contribution is -0.116. The molecule has 0 bridgehead atoms. The van der Waals surface area contributed by atoms with Crippen molar-refractivity contribution < 1.29 is 28.6 Å². The van der Waals surface area contributed by atoms with Gasteiger partial charge in [0.25, 0.3) is 5.91 Å². The molecule has 4 N–H and O–H groups in total. The molecule has 0 atom stereocenters. The number of ether oxygens (including phenoxy) is 1. The van der Waals surface area contributed by atoms with Crippen molar-refractivity contribution in [2.24, 2.45) is 0 Å². The Morgan fingerprint density at radius 3 is 2.41 bits per heavy atom. The molecule has 3 heterocycles. The fourth-order valence-corrected chi connectivity index (χ4v) is 4.59. The highest BCUT2D eigenvalue weighted by atomic mass is 16.5. The third-order valence-electron chi connectivity index (χ3n) is 6.83. The van der Waals surface area contributed by atoms with E-state index in [1.807, 2.05) is 30.3 Å².